The minimum absolute atomic E-state index is 0.0547. The Morgan fingerprint density at radius 3 is 2.42 bits per heavy atom. The standard InChI is InChI=1S/C23H28F2N2O4/c1-13(2)19(28)11-18-9-17(8-14(3)26-18)23(29)27-15(4)16-6-7-20(21(10-16)30-5)31-12-22(24)25/h6-10,13,15,22H,11-12H2,1-5H3,(H,27,29). The van der Waals surface area contributed by atoms with Gasteiger partial charge in [0.15, 0.2) is 11.5 Å². The number of pyridine rings is 1. The molecule has 1 aromatic heterocycles. The monoisotopic (exact) mass is 434 g/mol. The number of benzene rings is 1. The number of ketones is 1. The van der Waals surface area contributed by atoms with Crippen LogP contribution in [0.1, 0.15) is 54.1 Å². The van der Waals surface area contributed by atoms with Gasteiger partial charge in [-0.05, 0) is 43.7 Å². The number of nitrogens with one attached hydrogen (secondary N) is 1. The molecule has 1 heterocycles. The van der Waals surface area contributed by atoms with E-state index in [-0.39, 0.29) is 35.8 Å². The molecule has 31 heavy (non-hydrogen) atoms. The molecule has 0 aliphatic heterocycles. The molecule has 2 aromatic rings. The minimum Gasteiger partial charge on any atom is -0.493 e. The van der Waals surface area contributed by atoms with E-state index in [1.807, 2.05) is 13.8 Å². The smallest absolute Gasteiger partial charge is 0.272 e. The van der Waals surface area contributed by atoms with Crippen molar-refractivity contribution in [2.45, 2.75) is 46.6 Å². The Kier molecular flexibility index (Phi) is 8.47. The van der Waals surface area contributed by atoms with E-state index in [0.29, 0.717) is 22.7 Å². The summed E-state index contributed by atoms with van der Waals surface area (Å²) in [5.74, 6) is 0.136. The predicted octanol–water partition coefficient (Wildman–Crippen LogP) is 4.30. The highest BCUT2D eigenvalue weighted by Gasteiger charge is 2.17. The number of amides is 1. The van der Waals surface area contributed by atoms with Gasteiger partial charge in [0.25, 0.3) is 12.3 Å². The number of ether oxygens (including phenoxy) is 2. The normalized spacial score (nSPS) is 12.0. The summed E-state index contributed by atoms with van der Waals surface area (Å²) in [6, 6.07) is 7.74. The Bertz CT molecular complexity index is 932. The van der Waals surface area contributed by atoms with Gasteiger partial charge < -0.3 is 14.8 Å². The van der Waals surface area contributed by atoms with Crippen LogP contribution in [0.15, 0.2) is 30.3 Å². The van der Waals surface area contributed by atoms with E-state index < -0.39 is 13.0 Å². The summed E-state index contributed by atoms with van der Waals surface area (Å²) >= 11 is 0. The van der Waals surface area contributed by atoms with E-state index in [1.54, 1.807) is 38.1 Å². The number of rotatable bonds is 10. The topological polar surface area (TPSA) is 77.5 Å². The number of methoxy groups -OCH3 is 1. The second-order valence-corrected chi connectivity index (χ2v) is 7.59. The van der Waals surface area contributed by atoms with Crippen LogP contribution in [0.25, 0.3) is 0 Å². The van der Waals surface area contributed by atoms with Gasteiger partial charge >= 0.3 is 0 Å². The summed E-state index contributed by atoms with van der Waals surface area (Å²) in [4.78, 5) is 29.2. The molecule has 0 spiro atoms. The molecule has 168 valence electrons. The van der Waals surface area contributed by atoms with Crippen molar-refractivity contribution >= 4 is 11.7 Å². The summed E-state index contributed by atoms with van der Waals surface area (Å²) in [6.07, 6.45) is -2.42. The summed E-state index contributed by atoms with van der Waals surface area (Å²) in [6.45, 7) is 6.48. The zero-order valence-corrected chi connectivity index (χ0v) is 18.4. The van der Waals surface area contributed by atoms with Crippen LogP contribution in [0.2, 0.25) is 0 Å². The van der Waals surface area contributed by atoms with Crippen molar-refractivity contribution in [3.8, 4) is 11.5 Å². The van der Waals surface area contributed by atoms with Gasteiger partial charge in [-0.1, -0.05) is 19.9 Å². The van der Waals surface area contributed by atoms with Gasteiger partial charge in [-0.2, -0.15) is 0 Å². The Labute approximate surface area is 181 Å². The van der Waals surface area contributed by atoms with Gasteiger partial charge in [0.05, 0.1) is 13.2 Å². The van der Waals surface area contributed by atoms with Gasteiger partial charge in [-0.25, -0.2) is 8.78 Å². The molecule has 0 bridgehead atoms. The summed E-state index contributed by atoms with van der Waals surface area (Å²) in [5, 5.41) is 2.90. The number of Topliss-reactive ketones (excluding diaryl/α,β-unsaturated/α-hetero) is 1. The van der Waals surface area contributed by atoms with Gasteiger partial charge in [0.1, 0.15) is 12.4 Å². The second kappa shape index (κ2) is 10.8. The molecular formula is C23H28F2N2O4. The molecule has 0 aliphatic rings. The molecular weight excluding hydrogens is 406 g/mol. The molecule has 1 N–H and O–H groups in total. The minimum atomic E-state index is -2.59. The summed E-state index contributed by atoms with van der Waals surface area (Å²) in [5.41, 5.74) is 2.33. The van der Waals surface area contributed by atoms with Crippen LogP contribution in [0, 0.1) is 12.8 Å². The van der Waals surface area contributed by atoms with Gasteiger partial charge in [-0.3, -0.25) is 14.6 Å². The number of halogens is 2. The Hall–Kier alpha value is -3.03. The van der Waals surface area contributed by atoms with Crippen molar-refractivity contribution < 1.29 is 27.8 Å². The Morgan fingerprint density at radius 1 is 1.10 bits per heavy atom. The highest BCUT2D eigenvalue weighted by molar-refractivity contribution is 5.95. The van der Waals surface area contributed by atoms with Gasteiger partial charge in [0, 0.05) is 29.3 Å². The maximum Gasteiger partial charge on any atom is 0.272 e. The lowest BCUT2D eigenvalue weighted by atomic mass is 10.0. The number of aryl methyl sites for hydroxylation is 1. The molecule has 2 rings (SSSR count). The number of hydrogen-bond acceptors (Lipinski definition) is 5. The largest absolute Gasteiger partial charge is 0.493 e. The van der Waals surface area contributed by atoms with Crippen molar-refractivity contribution in [1.82, 2.24) is 10.3 Å². The van der Waals surface area contributed by atoms with Gasteiger partial charge in [0.2, 0.25) is 0 Å². The molecule has 1 aromatic carbocycles. The van der Waals surface area contributed by atoms with Crippen LogP contribution < -0.4 is 14.8 Å². The summed E-state index contributed by atoms with van der Waals surface area (Å²) in [7, 11) is 1.41. The first-order valence-electron chi connectivity index (χ1n) is 10.0. The predicted molar refractivity (Wildman–Crippen MR) is 113 cm³/mol. The average molecular weight is 434 g/mol. The lowest BCUT2D eigenvalue weighted by Crippen LogP contribution is -2.27. The highest BCUT2D eigenvalue weighted by Crippen LogP contribution is 2.30. The first-order valence-corrected chi connectivity index (χ1v) is 10.0. The lowest BCUT2D eigenvalue weighted by Gasteiger charge is -2.17. The number of alkyl halides is 2. The van der Waals surface area contributed by atoms with Crippen LogP contribution in [0.3, 0.4) is 0 Å². The Balaban J connectivity index is 2.14. The molecule has 6 nitrogen and oxygen atoms in total. The number of hydrogen-bond donors (Lipinski definition) is 1. The van der Waals surface area contributed by atoms with Crippen LogP contribution in [0.4, 0.5) is 8.78 Å². The van der Waals surface area contributed by atoms with E-state index in [4.69, 9.17) is 9.47 Å². The van der Waals surface area contributed by atoms with E-state index in [0.717, 1.165) is 5.56 Å². The molecule has 1 amide bonds. The zero-order valence-electron chi connectivity index (χ0n) is 18.4. The van der Waals surface area contributed by atoms with E-state index >= 15 is 0 Å². The maximum absolute atomic E-state index is 12.8. The number of carbonyl (C=O) groups excluding carboxylic acids is 2. The molecule has 0 fully saturated rings. The molecule has 1 unspecified atom stereocenters. The number of nitrogens with zero attached hydrogens (tertiary/aromatic N) is 1. The maximum atomic E-state index is 12.8. The number of aromatic nitrogens is 1. The molecule has 0 saturated carbocycles. The fourth-order valence-corrected chi connectivity index (χ4v) is 2.93. The Morgan fingerprint density at radius 2 is 1.81 bits per heavy atom. The first kappa shape index (κ1) is 24.2. The fraction of sp³-hybridized carbons (Fsp3) is 0.435. The molecule has 8 heteroatoms. The van der Waals surface area contributed by atoms with Crippen LogP contribution in [0.5, 0.6) is 11.5 Å². The first-order chi connectivity index (χ1) is 14.6. The van der Waals surface area contributed by atoms with E-state index in [1.165, 1.54) is 13.2 Å². The third-order valence-electron chi connectivity index (χ3n) is 4.67. The van der Waals surface area contributed by atoms with E-state index in [9.17, 15) is 18.4 Å². The lowest BCUT2D eigenvalue weighted by molar-refractivity contribution is -0.121. The fourth-order valence-electron chi connectivity index (χ4n) is 2.93. The highest BCUT2D eigenvalue weighted by atomic mass is 19.3. The molecule has 0 saturated heterocycles. The third-order valence-corrected chi connectivity index (χ3v) is 4.67. The van der Waals surface area contributed by atoms with Crippen molar-refractivity contribution in [3.63, 3.8) is 0 Å². The molecule has 0 radical (unpaired) electrons. The van der Waals surface area contributed by atoms with Crippen molar-refractivity contribution in [3.05, 3.63) is 52.8 Å². The van der Waals surface area contributed by atoms with Crippen molar-refractivity contribution in [2.24, 2.45) is 5.92 Å². The molecule has 0 aliphatic carbocycles. The quantitative estimate of drug-likeness (QED) is 0.603. The second-order valence-electron chi connectivity index (χ2n) is 7.59. The average Bonchev–Trinajstić information content (AvgIpc) is 2.71. The SMILES string of the molecule is COc1cc(C(C)NC(=O)c2cc(C)nc(CC(=O)C(C)C)c2)ccc1OCC(F)F. The van der Waals surface area contributed by atoms with Crippen molar-refractivity contribution in [1.29, 1.82) is 0 Å². The van der Waals surface area contributed by atoms with Crippen molar-refractivity contribution in [2.75, 3.05) is 13.7 Å². The summed E-state index contributed by atoms with van der Waals surface area (Å²) < 4.78 is 35.1. The van der Waals surface area contributed by atoms with Gasteiger partial charge in [-0.15, -0.1) is 0 Å². The zero-order chi connectivity index (χ0) is 23.1. The number of carbonyl (C=O) groups is 2. The van der Waals surface area contributed by atoms with Crippen LogP contribution in [-0.2, 0) is 11.2 Å². The van der Waals surface area contributed by atoms with Crippen LogP contribution in [-0.4, -0.2) is 36.8 Å². The third kappa shape index (κ3) is 7.01. The molecule has 1 atom stereocenters. The van der Waals surface area contributed by atoms with E-state index in [2.05, 4.69) is 10.3 Å². The van der Waals surface area contributed by atoms with Crippen LogP contribution >= 0.6 is 0 Å².